The first-order valence-corrected chi connectivity index (χ1v) is 4.87. The molecule has 1 aromatic rings. The summed E-state index contributed by atoms with van der Waals surface area (Å²) >= 11 is 0. The van der Waals surface area contributed by atoms with Gasteiger partial charge in [0.05, 0.1) is 5.84 Å². The Kier molecular flexibility index (Phi) is 4.12. The minimum absolute atomic E-state index is 0.206. The standard InChI is InChI=1S/C11H17N3O/c1-14(6-5-11(12)13)8-9-3-2-4-10(15)7-9/h2-4,7,15H,5-6,8H2,1H3,(H3,12,13). The van der Waals surface area contributed by atoms with E-state index in [0.29, 0.717) is 6.42 Å². The lowest BCUT2D eigenvalue weighted by molar-refractivity contribution is 0.336. The summed E-state index contributed by atoms with van der Waals surface area (Å²) in [6.45, 7) is 1.51. The van der Waals surface area contributed by atoms with Crippen LogP contribution in [0.25, 0.3) is 0 Å². The molecule has 82 valence electrons. The van der Waals surface area contributed by atoms with E-state index in [9.17, 15) is 5.11 Å². The summed E-state index contributed by atoms with van der Waals surface area (Å²) in [7, 11) is 1.97. The summed E-state index contributed by atoms with van der Waals surface area (Å²) in [5.74, 6) is 0.491. The van der Waals surface area contributed by atoms with E-state index in [4.69, 9.17) is 11.1 Å². The molecule has 0 saturated heterocycles. The van der Waals surface area contributed by atoms with Gasteiger partial charge in [0.25, 0.3) is 0 Å². The van der Waals surface area contributed by atoms with Gasteiger partial charge in [-0.2, -0.15) is 0 Å². The molecule has 0 aliphatic heterocycles. The number of nitrogens with two attached hydrogens (primary N) is 1. The molecule has 0 radical (unpaired) electrons. The third-order valence-corrected chi connectivity index (χ3v) is 2.13. The molecule has 4 heteroatoms. The van der Waals surface area contributed by atoms with Crippen molar-refractivity contribution in [1.29, 1.82) is 5.41 Å². The van der Waals surface area contributed by atoms with Crippen LogP contribution in [0.4, 0.5) is 0 Å². The van der Waals surface area contributed by atoms with Crippen LogP contribution in [0.2, 0.25) is 0 Å². The van der Waals surface area contributed by atoms with Crippen LogP contribution in [0.15, 0.2) is 24.3 Å². The first kappa shape index (κ1) is 11.5. The van der Waals surface area contributed by atoms with Crippen molar-refractivity contribution in [2.24, 2.45) is 5.73 Å². The number of nitrogens with one attached hydrogen (secondary N) is 1. The van der Waals surface area contributed by atoms with Crippen molar-refractivity contribution in [2.45, 2.75) is 13.0 Å². The Balaban J connectivity index is 2.44. The van der Waals surface area contributed by atoms with Crippen LogP contribution < -0.4 is 5.73 Å². The smallest absolute Gasteiger partial charge is 0.115 e. The van der Waals surface area contributed by atoms with Gasteiger partial charge in [0.2, 0.25) is 0 Å². The molecule has 0 amide bonds. The SMILES string of the molecule is CN(CCC(=N)N)Cc1cccc(O)c1. The lowest BCUT2D eigenvalue weighted by Crippen LogP contribution is -2.23. The minimum atomic E-state index is 0.206. The van der Waals surface area contributed by atoms with Crippen LogP contribution in [0.1, 0.15) is 12.0 Å². The van der Waals surface area contributed by atoms with Crippen molar-refractivity contribution in [3.05, 3.63) is 29.8 Å². The Labute approximate surface area is 89.8 Å². The molecule has 0 aliphatic carbocycles. The number of benzene rings is 1. The van der Waals surface area contributed by atoms with Crippen LogP contribution in [0.3, 0.4) is 0 Å². The van der Waals surface area contributed by atoms with Gasteiger partial charge in [-0.3, -0.25) is 5.41 Å². The summed E-state index contributed by atoms with van der Waals surface area (Å²) in [6.07, 6.45) is 0.579. The first-order valence-electron chi connectivity index (χ1n) is 4.87. The molecule has 0 atom stereocenters. The molecule has 0 aromatic heterocycles. The number of nitrogens with zero attached hydrogens (tertiary/aromatic N) is 1. The number of amidine groups is 1. The van der Waals surface area contributed by atoms with Gasteiger partial charge in [-0.15, -0.1) is 0 Å². The van der Waals surface area contributed by atoms with Crippen molar-refractivity contribution in [3.63, 3.8) is 0 Å². The van der Waals surface area contributed by atoms with Crippen LogP contribution in [0.5, 0.6) is 5.75 Å². The third-order valence-electron chi connectivity index (χ3n) is 2.13. The maximum Gasteiger partial charge on any atom is 0.115 e. The van der Waals surface area contributed by atoms with Crippen molar-refractivity contribution in [3.8, 4) is 5.75 Å². The second-order valence-corrected chi connectivity index (χ2v) is 3.68. The molecule has 0 bridgehead atoms. The lowest BCUT2D eigenvalue weighted by atomic mass is 10.2. The highest BCUT2D eigenvalue weighted by Crippen LogP contribution is 2.12. The van der Waals surface area contributed by atoms with Gasteiger partial charge < -0.3 is 15.7 Å². The summed E-state index contributed by atoms with van der Waals surface area (Å²) in [5.41, 5.74) is 6.33. The summed E-state index contributed by atoms with van der Waals surface area (Å²) < 4.78 is 0. The zero-order chi connectivity index (χ0) is 11.3. The Bertz CT molecular complexity index is 338. The van der Waals surface area contributed by atoms with Gasteiger partial charge in [0.1, 0.15) is 5.75 Å². The van der Waals surface area contributed by atoms with E-state index in [-0.39, 0.29) is 11.6 Å². The highest BCUT2D eigenvalue weighted by Gasteiger charge is 2.01. The van der Waals surface area contributed by atoms with Gasteiger partial charge >= 0.3 is 0 Å². The summed E-state index contributed by atoms with van der Waals surface area (Å²) in [4.78, 5) is 2.07. The topological polar surface area (TPSA) is 73.3 Å². The molecule has 4 N–H and O–H groups in total. The molecule has 1 aromatic carbocycles. The number of phenolic OH excluding ortho intramolecular Hbond substituents is 1. The number of hydrogen-bond acceptors (Lipinski definition) is 3. The Hall–Kier alpha value is -1.55. The minimum Gasteiger partial charge on any atom is -0.508 e. The molecule has 0 unspecified atom stereocenters. The zero-order valence-electron chi connectivity index (χ0n) is 8.90. The van der Waals surface area contributed by atoms with Gasteiger partial charge in [-0.25, -0.2) is 0 Å². The van der Waals surface area contributed by atoms with Crippen molar-refractivity contribution >= 4 is 5.84 Å². The monoisotopic (exact) mass is 207 g/mol. The molecular formula is C11H17N3O. The maximum absolute atomic E-state index is 9.27. The molecule has 0 heterocycles. The number of hydrogen-bond donors (Lipinski definition) is 3. The third kappa shape index (κ3) is 4.46. The normalized spacial score (nSPS) is 10.5. The average Bonchev–Trinajstić information content (AvgIpc) is 2.15. The quantitative estimate of drug-likeness (QED) is 0.501. The second kappa shape index (κ2) is 5.36. The van der Waals surface area contributed by atoms with Crippen LogP contribution in [0, 0.1) is 5.41 Å². The Morgan fingerprint density at radius 1 is 1.53 bits per heavy atom. The van der Waals surface area contributed by atoms with Gasteiger partial charge in [0.15, 0.2) is 0 Å². The fourth-order valence-corrected chi connectivity index (χ4v) is 1.36. The second-order valence-electron chi connectivity index (χ2n) is 3.68. The number of rotatable bonds is 5. The molecule has 15 heavy (non-hydrogen) atoms. The fourth-order valence-electron chi connectivity index (χ4n) is 1.36. The molecule has 0 aliphatic rings. The van der Waals surface area contributed by atoms with Crippen LogP contribution >= 0.6 is 0 Å². The van der Waals surface area contributed by atoms with E-state index < -0.39 is 0 Å². The van der Waals surface area contributed by atoms with Crippen molar-refractivity contribution < 1.29 is 5.11 Å². The van der Waals surface area contributed by atoms with Crippen LogP contribution in [-0.2, 0) is 6.54 Å². The largest absolute Gasteiger partial charge is 0.508 e. The predicted octanol–water partition coefficient (Wildman–Crippen LogP) is 1.15. The lowest BCUT2D eigenvalue weighted by Gasteiger charge is -2.16. The van der Waals surface area contributed by atoms with E-state index in [0.717, 1.165) is 18.7 Å². The highest BCUT2D eigenvalue weighted by molar-refractivity contribution is 5.76. The van der Waals surface area contributed by atoms with Crippen molar-refractivity contribution in [1.82, 2.24) is 4.90 Å². The van der Waals surface area contributed by atoms with E-state index in [2.05, 4.69) is 4.90 Å². The maximum atomic E-state index is 9.27. The predicted molar refractivity (Wildman–Crippen MR) is 61.0 cm³/mol. The van der Waals surface area contributed by atoms with E-state index in [1.807, 2.05) is 19.2 Å². The molecule has 0 spiro atoms. The Morgan fingerprint density at radius 3 is 2.87 bits per heavy atom. The van der Waals surface area contributed by atoms with Crippen LogP contribution in [-0.4, -0.2) is 29.4 Å². The number of phenols is 1. The summed E-state index contributed by atoms with van der Waals surface area (Å²) in [5, 5.41) is 16.4. The highest BCUT2D eigenvalue weighted by atomic mass is 16.3. The van der Waals surface area contributed by atoms with Gasteiger partial charge in [-0.1, -0.05) is 12.1 Å². The molecule has 0 saturated carbocycles. The van der Waals surface area contributed by atoms with Gasteiger partial charge in [-0.05, 0) is 24.7 Å². The van der Waals surface area contributed by atoms with E-state index in [1.54, 1.807) is 12.1 Å². The molecular weight excluding hydrogens is 190 g/mol. The summed E-state index contributed by atoms with van der Waals surface area (Å²) in [6, 6.07) is 7.18. The van der Waals surface area contributed by atoms with E-state index >= 15 is 0 Å². The zero-order valence-corrected chi connectivity index (χ0v) is 8.90. The first-order chi connectivity index (χ1) is 7.08. The average molecular weight is 207 g/mol. The molecule has 4 nitrogen and oxygen atoms in total. The fraction of sp³-hybridized carbons (Fsp3) is 0.364. The molecule has 1 rings (SSSR count). The van der Waals surface area contributed by atoms with Crippen molar-refractivity contribution in [2.75, 3.05) is 13.6 Å². The molecule has 0 fully saturated rings. The number of aromatic hydroxyl groups is 1. The van der Waals surface area contributed by atoms with Gasteiger partial charge in [0, 0.05) is 19.5 Å². The Morgan fingerprint density at radius 2 is 2.27 bits per heavy atom. The van der Waals surface area contributed by atoms with E-state index in [1.165, 1.54) is 0 Å².